The van der Waals surface area contributed by atoms with E-state index < -0.39 is 39.3 Å². The van der Waals surface area contributed by atoms with E-state index in [2.05, 4.69) is 5.32 Å². The topological polar surface area (TPSA) is 130 Å². The number of hydrogen-bond donors (Lipinski definition) is 1. The van der Waals surface area contributed by atoms with Crippen molar-refractivity contribution >= 4 is 56.4 Å². The molecule has 1 N–H and O–H groups in total. The molecule has 0 spiro atoms. The minimum absolute atomic E-state index is 0.00537. The average molecular weight is 573 g/mol. The molecular formula is C24H30Cl2N4O6S. The molecule has 1 atom stereocenters. The third kappa shape index (κ3) is 8.05. The standard InChI is InChI=1S/C24H30Cl2N4O6S/c1-6-21(24(32)27-15(2)3)28(13-17-8-9-18(25)11-20(17)26)23(31)14-29(37(5,35)36)22-12-19(30(33)34)10-7-16(22)4/h7-12,15,21H,6,13-14H2,1-5H3,(H,27,32)/t21-/m1/s1. The lowest BCUT2D eigenvalue weighted by Crippen LogP contribution is -2.53. The molecule has 0 heterocycles. The van der Waals surface area contributed by atoms with Crippen LogP contribution >= 0.6 is 23.2 Å². The molecule has 0 saturated carbocycles. The minimum Gasteiger partial charge on any atom is -0.352 e. The molecule has 37 heavy (non-hydrogen) atoms. The number of nitro groups is 1. The van der Waals surface area contributed by atoms with Crippen molar-refractivity contribution in [1.82, 2.24) is 10.2 Å². The van der Waals surface area contributed by atoms with E-state index in [1.54, 1.807) is 39.8 Å². The van der Waals surface area contributed by atoms with E-state index in [4.69, 9.17) is 23.2 Å². The second-order valence-electron chi connectivity index (χ2n) is 8.84. The van der Waals surface area contributed by atoms with Gasteiger partial charge in [-0.25, -0.2) is 8.42 Å². The average Bonchev–Trinajstić information content (AvgIpc) is 2.77. The number of nitrogens with one attached hydrogen (secondary N) is 1. The van der Waals surface area contributed by atoms with Gasteiger partial charge in [0, 0.05) is 34.8 Å². The Balaban J connectivity index is 2.57. The molecule has 0 saturated heterocycles. The molecule has 2 aromatic carbocycles. The number of sulfonamides is 1. The highest BCUT2D eigenvalue weighted by atomic mass is 35.5. The monoisotopic (exact) mass is 572 g/mol. The van der Waals surface area contributed by atoms with Crippen molar-refractivity contribution < 1.29 is 22.9 Å². The van der Waals surface area contributed by atoms with Gasteiger partial charge in [-0.1, -0.05) is 42.3 Å². The molecule has 0 aromatic heterocycles. The van der Waals surface area contributed by atoms with Crippen molar-refractivity contribution in [3.8, 4) is 0 Å². The number of rotatable bonds is 11. The number of nitro benzene ring substituents is 1. The molecule has 202 valence electrons. The summed E-state index contributed by atoms with van der Waals surface area (Å²) in [5.74, 6) is -1.10. The van der Waals surface area contributed by atoms with Crippen LogP contribution in [0.3, 0.4) is 0 Å². The summed E-state index contributed by atoms with van der Waals surface area (Å²) in [5.41, 5.74) is 0.594. The zero-order valence-corrected chi connectivity index (χ0v) is 23.5. The van der Waals surface area contributed by atoms with Gasteiger partial charge in [-0.15, -0.1) is 0 Å². The Morgan fingerprint density at radius 2 is 1.78 bits per heavy atom. The molecule has 2 aromatic rings. The Bertz CT molecular complexity index is 1290. The van der Waals surface area contributed by atoms with Crippen LogP contribution in [-0.4, -0.2) is 54.9 Å². The maximum absolute atomic E-state index is 13.7. The normalized spacial score (nSPS) is 12.2. The molecule has 10 nitrogen and oxygen atoms in total. The number of aryl methyl sites for hydroxylation is 1. The van der Waals surface area contributed by atoms with Crippen LogP contribution in [0.15, 0.2) is 36.4 Å². The van der Waals surface area contributed by atoms with Crippen LogP contribution in [0.1, 0.15) is 38.3 Å². The van der Waals surface area contributed by atoms with Crippen LogP contribution in [0.2, 0.25) is 10.0 Å². The van der Waals surface area contributed by atoms with Crippen molar-refractivity contribution in [3.05, 3.63) is 67.7 Å². The quantitative estimate of drug-likeness (QED) is 0.315. The number of amides is 2. The van der Waals surface area contributed by atoms with E-state index in [1.807, 2.05) is 0 Å². The number of benzene rings is 2. The molecule has 0 aliphatic rings. The predicted molar refractivity (Wildman–Crippen MR) is 144 cm³/mol. The van der Waals surface area contributed by atoms with Crippen LogP contribution in [0.4, 0.5) is 11.4 Å². The zero-order valence-electron chi connectivity index (χ0n) is 21.2. The summed E-state index contributed by atoms with van der Waals surface area (Å²) < 4.78 is 26.3. The third-order valence-corrected chi connectivity index (χ3v) is 7.24. The van der Waals surface area contributed by atoms with E-state index in [-0.39, 0.29) is 35.4 Å². The highest BCUT2D eigenvalue weighted by molar-refractivity contribution is 7.92. The van der Waals surface area contributed by atoms with Gasteiger partial charge >= 0.3 is 0 Å². The van der Waals surface area contributed by atoms with Gasteiger partial charge in [-0.3, -0.25) is 24.0 Å². The van der Waals surface area contributed by atoms with Gasteiger partial charge in [0.2, 0.25) is 21.8 Å². The van der Waals surface area contributed by atoms with Crippen molar-refractivity contribution in [1.29, 1.82) is 0 Å². The molecule has 2 rings (SSSR count). The largest absolute Gasteiger partial charge is 0.352 e. The number of halogens is 2. The first-order valence-electron chi connectivity index (χ1n) is 11.4. The summed E-state index contributed by atoms with van der Waals surface area (Å²) >= 11 is 12.3. The molecule has 0 fully saturated rings. The van der Waals surface area contributed by atoms with Gasteiger partial charge in [0.15, 0.2) is 0 Å². The van der Waals surface area contributed by atoms with Crippen molar-refractivity contribution in [2.45, 2.75) is 52.7 Å². The smallest absolute Gasteiger partial charge is 0.271 e. The van der Waals surface area contributed by atoms with Gasteiger partial charge < -0.3 is 10.2 Å². The number of non-ortho nitro benzene ring substituents is 1. The second-order valence-corrected chi connectivity index (χ2v) is 11.6. The van der Waals surface area contributed by atoms with E-state index in [0.29, 0.717) is 16.1 Å². The molecule has 0 radical (unpaired) electrons. The number of carbonyl (C=O) groups is 2. The summed E-state index contributed by atoms with van der Waals surface area (Å²) in [6, 6.07) is 7.35. The summed E-state index contributed by atoms with van der Waals surface area (Å²) in [6.45, 7) is 6.10. The van der Waals surface area contributed by atoms with E-state index in [9.17, 15) is 28.1 Å². The number of hydrogen-bond acceptors (Lipinski definition) is 6. The number of anilines is 1. The van der Waals surface area contributed by atoms with Crippen molar-refractivity contribution in [2.24, 2.45) is 0 Å². The Hall–Kier alpha value is -2.89. The van der Waals surface area contributed by atoms with Crippen LogP contribution in [0.25, 0.3) is 0 Å². The third-order valence-electron chi connectivity index (χ3n) is 5.52. The van der Waals surface area contributed by atoms with E-state index in [0.717, 1.165) is 16.6 Å². The van der Waals surface area contributed by atoms with E-state index >= 15 is 0 Å². The lowest BCUT2D eigenvalue weighted by molar-refractivity contribution is -0.384. The molecule has 0 unspecified atom stereocenters. The van der Waals surface area contributed by atoms with E-state index in [1.165, 1.54) is 23.1 Å². The number of carbonyl (C=O) groups excluding carboxylic acids is 2. The zero-order chi connectivity index (χ0) is 28.1. The Kier molecular flexibility index (Phi) is 10.3. The van der Waals surface area contributed by atoms with Crippen LogP contribution in [0.5, 0.6) is 0 Å². The first kappa shape index (κ1) is 30.3. The first-order valence-corrected chi connectivity index (χ1v) is 14.0. The lowest BCUT2D eigenvalue weighted by atomic mass is 10.1. The Labute approximate surface area is 226 Å². The Morgan fingerprint density at radius 1 is 1.14 bits per heavy atom. The molecule has 13 heteroatoms. The summed E-state index contributed by atoms with van der Waals surface area (Å²) in [5, 5.41) is 14.8. The van der Waals surface area contributed by atoms with Crippen LogP contribution in [-0.2, 0) is 26.2 Å². The van der Waals surface area contributed by atoms with Crippen LogP contribution < -0.4 is 9.62 Å². The lowest BCUT2D eigenvalue weighted by Gasteiger charge is -2.33. The summed E-state index contributed by atoms with van der Waals surface area (Å²) in [4.78, 5) is 38.7. The van der Waals surface area contributed by atoms with Gasteiger partial charge in [0.1, 0.15) is 12.6 Å². The minimum atomic E-state index is -4.05. The maximum atomic E-state index is 13.7. The second kappa shape index (κ2) is 12.6. The van der Waals surface area contributed by atoms with Gasteiger partial charge in [0.25, 0.3) is 5.69 Å². The fourth-order valence-corrected chi connectivity index (χ4v) is 5.08. The summed E-state index contributed by atoms with van der Waals surface area (Å²) in [7, 11) is -4.05. The Morgan fingerprint density at radius 3 is 2.30 bits per heavy atom. The highest BCUT2D eigenvalue weighted by Crippen LogP contribution is 2.29. The van der Waals surface area contributed by atoms with Gasteiger partial charge in [-0.2, -0.15) is 0 Å². The highest BCUT2D eigenvalue weighted by Gasteiger charge is 2.33. The maximum Gasteiger partial charge on any atom is 0.271 e. The first-order chi connectivity index (χ1) is 17.1. The molecule has 2 amide bonds. The van der Waals surface area contributed by atoms with Gasteiger partial charge in [0.05, 0.1) is 16.9 Å². The molecule has 0 aliphatic carbocycles. The SMILES string of the molecule is CC[C@H](C(=O)NC(C)C)N(Cc1ccc(Cl)cc1Cl)C(=O)CN(c1cc([N+](=O)[O-])ccc1C)S(C)(=O)=O. The summed E-state index contributed by atoms with van der Waals surface area (Å²) in [6.07, 6.45) is 1.14. The van der Waals surface area contributed by atoms with Crippen LogP contribution in [0, 0.1) is 17.0 Å². The molecular weight excluding hydrogens is 543 g/mol. The molecule has 0 aliphatic heterocycles. The van der Waals surface area contributed by atoms with Crippen molar-refractivity contribution in [2.75, 3.05) is 17.1 Å². The van der Waals surface area contributed by atoms with Crippen molar-refractivity contribution in [3.63, 3.8) is 0 Å². The molecule has 0 bridgehead atoms. The predicted octanol–water partition coefficient (Wildman–Crippen LogP) is 4.31. The fraction of sp³-hybridized carbons (Fsp3) is 0.417. The number of nitrogens with zero attached hydrogens (tertiary/aromatic N) is 3. The van der Waals surface area contributed by atoms with Gasteiger partial charge in [-0.05, 0) is 50.5 Å². The fourth-order valence-electron chi connectivity index (χ4n) is 3.71.